The normalized spacial score (nSPS) is 28.7. The van der Waals surface area contributed by atoms with Crippen molar-refractivity contribution in [3.05, 3.63) is 35.1 Å². The number of Topliss-reactive ketones (excluding diaryl/α,β-unsaturated/α-hetero) is 1. The molecule has 3 atom stereocenters. The van der Waals surface area contributed by atoms with E-state index in [9.17, 15) is 9.59 Å². The summed E-state index contributed by atoms with van der Waals surface area (Å²) in [4.78, 5) is 27.4. The van der Waals surface area contributed by atoms with Crippen molar-refractivity contribution in [2.24, 2.45) is 5.92 Å². The van der Waals surface area contributed by atoms with E-state index in [0.717, 1.165) is 30.5 Å². The number of rotatable bonds is 4. The van der Waals surface area contributed by atoms with E-state index in [1.54, 1.807) is 21.1 Å². The number of likely N-dealkylation sites (N-methyl/N-ethyl adjacent to an activating group) is 1. The average Bonchev–Trinajstić information content (AvgIpc) is 2.69. The van der Waals surface area contributed by atoms with Crippen LogP contribution in [-0.2, 0) is 26.2 Å². The van der Waals surface area contributed by atoms with Crippen molar-refractivity contribution >= 4 is 11.8 Å². The summed E-state index contributed by atoms with van der Waals surface area (Å²) in [6.07, 6.45) is 4.29. The van der Waals surface area contributed by atoms with Crippen LogP contribution in [0.5, 0.6) is 11.5 Å². The maximum absolute atomic E-state index is 12.9. The first-order valence-electron chi connectivity index (χ1n) is 9.85. The zero-order chi connectivity index (χ0) is 20.1. The summed E-state index contributed by atoms with van der Waals surface area (Å²) in [5, 5.41) is 0. The molecule has 1 saturated heterocycles. The van der Waals surface area contributed by atoms with Gasteiger partial charge in [0.1, 0.15) is 0 Å². The maximum atomic E-state index is 12.9. The van der Waals surface area contributed by atoms with E-state index >= 15 is 0 Å². The molecule has 1 aromatic carbocycles. The van der Waals surface area contributed by atoms with Gasteiger partial charge in [0.2, 0.25) is 0 Å². The Hall–Kier alpha value is -2.34. The minimum atomic E-state index is -0.401. The second kappa shape index (κ2) is 6.92. The molecule has 0 spiro atoms. The van der Waals surface area contributed by atoms with Crippen LogP contribution in [-0.4, -0.2) is 50.5 Å². The molecule has 2 aliphatic carbocycles. The number of hydrogen-bond acceptors (Lipinski definition) is 6. The van der Waals surface area contributed by atoms with Crippen molar-refractivity contribution in [3.63, 3.8) is 0 Å². The molecule has 0 radical (unpaired) electrons. The number of likely N-dealkylation sites (tertiary alicyclic amines) is 1. The molecule has 0 saturated carbocycles. The predicted molar refractivity (Wildman–Crippen MR) is 104 cm³/mol. The summed E-state index contributed by atoms with van der Waals surface area (Å²) >= 11 is 0. The van der Waals surface area contributed by atoms with Crippen molar-refractivity contribution in [2.45, 2.75) is 44.1 Å². The third-order valence-electron chi connectivity index (χ3n) is 6.69. The highest BCUT2D eigenvalue weighted by molar-refractivity contribution is 5.96. The lowest BCUT2D eigenvalue weighted by Gasteiger charge is -2.56. The predicted octanol–water partition coefficient (Wildman–Crippen LogP) is 2.63. The number of allylic oxidation sites excluding steroid dienone is 1. The molecule has 0 amide bonds. The number of ether oxygens (including phenoxy) is 3. The fourth-order valence-electron chi connectivity index (χ4n) is 5.30. The van der Waals surface area contributed by atoms with Crippen molar-refractivity contribution in [3.8, 4) is 11.5 Å². The first kappa shape index (κ1) is 19.0. The highest BCUT2D eigenvalue weighted by atomic mass is 16.6. The van der Waals surface area contributed by atoms with E-state index in [-0.39, 0.29) is 30.1 Å². The largest absolute Gasteiger partial charge is 0.493 e. The van der Waals surface area contributed by atoms with Gasteiger partial charge in [-0.05, 0) is 44.1 Å². The summed E-state index contributed by atoms with van der Waals surface area (Å²) in [7, 11) is 5.27. The maximum Gasteiger partial charge on any atom is 0.311 e. The molecule has 1 heterocycles. The van der Waals surface area contributed by atoms with Crippen LogP contribution < -0.4 is 9.47 Å². The lowest BCUT2D eigenvalue weighted by molar-refractivity contribution is -0.134. The molecule has 1 aromatic rings. The quantitative estimate of drug-likeness (QED) is 0.586. The number of fused-ring (bicyclic) bond motifs is 1. The number of methoxy groups -OCH3 is 2. The molecule has 1 fully saturated rings. The zero-order valence-electron chi connectivity index (χ0n) is 16.9. The standard InChI is InChI=1S/C22H27NO5/c1-5-19(25)28-21-17(26-3)7-6-13-10-15-14-11-18(27-4)16(24)12-22(14,20(13)21)8-9-23(15)2/h6-7,11,14-15H,5,8-10,12H2,1-4H3/t14-,15+,22+/m0/s1. The number of benzene rings is 1. The number of piperidine rings is 1. The van der Waals surface area contributed by atoms with Gasteiger partial charge < -0.3 is 19.1 Å². The van der Waals surface area contributed by atoms with Crippen LogP contribution in [0.25, 0.3) is 0 Å². The van der Waals surface area contributed by atoms with E-state index < -0.39 is 5.41 Å². The van der Waals surface area contributed by atoms with Crippen LogP contribution in [0.4, 0.5) is 0 Å². The van der Waals surface area contributed by atoms with Crippen LogP contribution in [0.15, 0.2) is 24.0 Å². The topological polar surface area (TPSA) is 65.1 Å². The van der Waals surface area contributed by atoms with Gasteiger partial charge in [0.05, 0.1) is 14.2 Å². The van der Waals surface area contributed by atoms with Gasteiger partial charge in [-0.15, -0.1) is 0 Å². The molecule has 0 N–H and O–H groups in total. The van der Waals surface area contributed by atoms with Crippen LogP contribution in [0.2, 0.25) is 0 Å². The smallest absolute Gasteiger partial charge is 0.311 e. The molecule has 28 heavy (non-hydrogen) atoms. The molecule has 1 aliphatic heterocycles. The van der Waals surface area contributed by atoms with Gasteiger partial charge in [-0.2, -0.15) is 0 Å². The van der Waals surface area contributed by atoms with Crippen molar-refractivity contribution < 1.29 is 23.8 Å². The van der Waals surface area contributed by atoms with Gasteiger partial charge in [0.25, 0.3) is 0 Å². The van der Waals surface area contributed by atoms with Crippen LogP contribution >= 0.6 is 0 Å². The lowest BCUT2D eigenvalue weighted by atomic mass is 9.53. The van der Waals surface area contributed by atoms with Crippen LogP contribution in [0, 0.1) is 5.92 Å². The zero-order valence-corrected chi connectivity index (χ0v) is 16.9. The number of carbonyl (C=O) groups excluding carboxylic acids is 2. The Balaban J connectivity index is 1.96. The Morgan fingerprint density at radius 1 is 1.29 bits per heavy atom. The Morgan fingerprint density at radius 2 is 2.07 bits per heavy atom. The molecule has 6 heteroatoms. The molecule has 6 nitrogen and oxygen atoms in total. The fraction of sp³-hybridized carbons (Fsp3) is 0.545. The Morgan fingerprint density at radius 3 is 2.75 bits per heavy atom. The molecule has 150 valence electrons. The van der Waals surface area contributed by atoms with Gasteiger partial charge >= 0.3 is 5.97 Å². The first-order valence-corrected chi connectivity index (χ1v) is 9.85. The van der Waals surface area contributed by atoms with Gasteiger partial charge in [0.15, 0.2) is 23.0 Å². The third kappa shape index (κ3) is 2.65. The summed E-state index contributed by atoms with van der Waals surface area (Å²) in [5.74, 6) is 1.30. The molecule has 0 aromatic heterocycles. The first-order chi connectivity index (χ1) is 13.4. The molecule has 2 bridgehead atoms. The number of ketones is 1. The number of nitrogens with zero attached hydrogens (tertiary/aromatic N) is 1. The highest BCUT2D eigenvalue weighted by Gasteiger charge is 2.56. The van der Waals surface area contributed by atoms with Gasteiger partial charge in [-0.3, -0.25) is 9.59 Å². The third-order valence-corrected chi connectivity index (χ3v) is 6.69. The molecular weight excluding hydrogens is 358 g/mol. The van der Waals surface area contributed by atoms with Crippen molar-refractivity contribution in [1.29, 1.82) is 0 Å². The van der Waals surface area contributed by atoms with Gasteiger partial charge in [-0.1, -0.05) is 13.0 Å². The number of carbonyl (C=O) groups is 2. The highest BCUT2D eigenvalue weighted by Crippen LogP contribution is 2.58. The number of esters is 1. The second-order valence-corrected chi connectivity index (χ2v) is 7.98. The van der Waals surface area contributed by atoms with Crippen LogP contribution in [0.3, 0.4) is 0 Å². The molecular formula is C22H27NO5. The Bertz CT molecular complexity index is 861. The van der Waals surface area contributed by atoms with E-state index in [0.29, 0.717) is 23.7 Å². The molecule has 0 unspecified atom stereocenters. The van der Waals surface area contributed by atoms with Gasteiger partial charge in [-0.25, -0.2) is 0 Å². The van der Waals surface area contributed by atoms with Crippen molar-refractivity contribution in [2.75, 3.05) is 27.8 Å². The number of hydrogen-bond donors (Lipinski definition) is 0. The molecule has 3 aliphatic rings. The van der Waals surface area contributed by atoms with Crippen LogP contribution in [0.1, 0.15) is 37.3 Å². The second-order valence-electron chi connectivity index (χ2n) is 7.98. The minimum absolute atomic E-state index is 0.00508. The Labute approximate surface area is 165 Å². The summed E-state index contributed by atoms with van der Waals surface area (Å²) in [6, 6.07) is 4.20. The lowest BCUT2D eigenvalue weighted by Crippen LogP contribution is -2.60. The SMILES string of the molecule is CCC(=O)Oc1c(OC)ccc2c1[C@@]13CCN(C)[C@H](C2)[C@@H]1C=C(OC)C(=O)C3. The van der Waals surface area contributed by atoms with Crippen molar-refractivity contribution in [1.82, 2.24) is 4.90 Å². The van der Waals surface area contributed by atoms with Gasteiger partial charge in [0, 0.05) is 35.8 Å². The monoisotopic (exact) mass is 385 g/mol. The van der Waals surface area contributed by atoms with E-state index in [1.807, 2.05) is 12.1 Å². The molecule has 4 rings (SSSR count). The minimum Gasteiger partial charge on any atom is -0.493 e. The average molecular weight is 385 g/mol. The van der Waals surface area contributed by atoms with E-state index in [2.05, 4.69) is 18.0 Å². The van der Waals surface area contributed by atoms with E-state index in [1.165, 1.54) is 0 Å². The summed E-state index contributed by atoms with van der Waals surface area (Å²) in [6.45, 7) is 2.66. The Kier molecular flexibility index (Phi) is 4.70. The summed E-state index contributed by atoms with van der Waals surface area (Å²) < 4.78 is 16.7. The van der Waals surface area contributed by atoms with E-state index in [4.69, 9.17) is 14.2 Å². The fourth-order valence-corrected chi connectivity index (χ4v) is 5.30. The summed E-state index contributed by atoms with van der Waals surface area (Å²) in [5.41, 5.74) is 1.71.